The number of amides is 1. The van der Waals surface area contributed by atoms with Crippen molar-refractivity contribution in [2.75, 3.05) is 37.0 Å². The molecular weight excluding hydrogens is 428 g/mol. The Morgan fingerprint density at radius 2 is 1.84 bits per heavy atom. The Labute approximate surface area is 195 Å². The fourth-order valence-electron chi connectivity index (χ4n) is 4.57. The molecule has 0 bridgehead atoms. The molecule has 1 aliphatic heterocycles. The van der Waals surface area contributed by atoms with Gasteiger partial charge >= 0.3 is 0 Å². The highest BCUT2D eigenvalue weighted by molar-refractivity contribution is 7.19. The predicted molar refractivity (Wildman–Crippen MR) is 131 cm³/mol. The van der Waals surface area contributed by atoms with Crippen LogP contribution in [0.5, 0.6) is 0 Å². The second-order valence-corrected chi connectivity index (χ2v) is 11.1. The van der Waals surface area contributed by atoms with Gasteiger partial charge in [0.05, 0.1) is 10.8 Å². The molecule has 0 radical (unpaired) electrons. The van der Waals surface area contributed by atoms with Gasteiger partial charge in [0.1, 0.15) is 16.5 Å². The molecule has 170 valence electrons. The van der Waals surface area contributed by atoms with Crippen molar-refractivity contribution >= 4 is 44.9 Å². The molecule has 4 rings (SSSR count). The molecule has 1 aliphatic carbocycles. The Morgan fingerprint density at radius 1 is 1.13 bits per heavy atom. The van der Waals surface area contributed by atoms with Crippen LogP contribution in [0.2, 0.25) is 0 Å². The van der Waals surface area contributed by atoms with Gasteiger partial charge in [0.25, 0.3) is 0 Å². The Hall–Kier alpha value is -1.40. The summed E-state index contributed by atoms with van der Waals surface area (Å²) in [6, 6.07) is 0. The van der Waals surface area contributed by atoms with Crippen molar-refractivity contribution in [3.63, 3.8) is 0 Å². The van der Waals surface area contributed by atoms with Crippen molar-refractivity contribution in [1.29, 1.82) is 0 Å². The minimum Gasteiger partial charge on any atom is -0.352 e. The third-order valence-electron chi connectivity index (χ3n) is 6.90. The van der Waals surface area contributed by atoms with Crippen LogP contribution in [0.4, 0.5) is 5.82 Å². The largest absolute Gasteiger partial charge is 0.352 e. The average molecular weight is 463 g/mol. The van der Waals surface area contributed by atoms with Crippen LogP contribution in [0.3, 0.4) is 0 Å². The molecule has 7 heteroatoms. The summed E-state index contributed by atoms with van der Waals surface area (Å²) in [6.45, 7) is 11.3. The molecule has 0 N–H and O–H groups in total. The quantitative estimate of drug-likeness (QED) is 0.441. The van der Waals surface area contributed by atoms with E-state index in [-0.39, 0.29) is 5.91 Å². The van der Waals surface area contributed by atoms with Crippen LogP contribution in [0.15, 0.2) is 0 Å². The van der Waals surface area contributed by atoms with E-state index in [0.29, 0.717) is 11.8 Å². The lowest BCUT2D eigenvalue weighted by Gasteiger charge is -2.39. The summed E-state index contributed by atoms with van der Waals surface area (Å²) < 4.78 is 0. The van der Waals surface area contributed by atoms with Gasteiger partial charge in [-0.3, -0.25) is 4.79 Å². The zero-order valence-electron chi connectivity index (χ0n) is 19.3. The van der Waals surface area contributed by atoms with Crippen LogP contribution < -0.4 is 4.90 Å². The molecule has 0 aromatic carbocycles. The van der Waals surface area contributed by atoms with Crippen LogP contribution in [0.25, 0.3) is 10.2 Å². The normalized spacial score (nSPS) is 18.7. The number of aromatic nitrogens is 2. The molecule has 5 nitrogen and oxygen atoms in total. The molecule has 2 aliphatic rings. The van der Waals surface area contributed by atoms with Crippen molar-refractivity contribution < 1.29 is 4.79 Å². The maximum absolute atomic E-state index is 12.9. The fourth-order valence-corrected chi connectivity index (χ4v) is 5.95. The van der Waals surface area contributed by atoms with E-state index in [2.05, 4.69) is 18.7 Å². The van der Waals surface area contributed by atoms with Crippen molar-refractivity contribution in [2.24, 2.45) is 5.41 Å². The second kappa shape index (κ2) is 9.22. The summed E-state index contributed by atoms with van der Waals surface area (Å²) in [5, 5.41) is 1.29. The Balaban J connectivity index is 1.68. The van der Waals surface area contributed by atoms with Gasteiger partial charge in [-0.2, -0.15) is 0 Å². The zero-order chi connectivity index (χ0) is 22.2. The average Bonchev–Trinajstić information content (AvgIpc) is 2.98. The number of hydrogen-bond acceptors (Lipinski definition) is 5. The Morgan fingerprint density at radius 3 is 2.52 bits per heavy atom. The number of carbonyl (C=O) groups excluding carboxylic acids is 1. The van der Waals surface area contributed by atoms with Gasteiger partial charge in [-0.15, -0.1) is 22.9 Å². The number of alkyl halides is 1. The summed E-state index contributed by atoms with van der Waals surface area (Å²) in [5.41, 5.74) is 0.977. The van der Waals surface area contributed by atoms with Gasteiger partial charge in [-0.1, -0.05) is 20.3 Å². The van der Waals surface area contributed by atoms with Gasteiger partial charge in [-0.05, 0) is 51.5 Å². The highest BCUT2D eigenvalue weighted by Crippen LogP contribution is 2.40. The van der Waals surface area contributed by atoms with E-state index in [4.69, 9.17) is 21.6 Å². The first-order valence-corrected chi connectivity index (χ1v) is 13.1. The minimum atomic E-state index is -0.514. The Bertz CT molecular complexity index is 949. The maximum Gasteiger partial charge on any atom is 0.229 e. The molecule has 1 amide bonds. The van der Waals surface area contributed by atoms with Crippen LogP contribution in [-0.4, -0.2) is 52.8 Å². The van der Waals surface area contributed by atoms with Crippen LogP contribution in [0.1, 0.15) is 75.6 Å². The smallest absolute Gasteiger partial charge is 0.229 e. The standard InChI is InChI=1S/C24H35ClN4OS/c1-5-16(2)20-26-21(19-17-9-7-6-8-10-18(17)31-22(19)27-20)28-11-13-29(14-12-28)23(30)24(3,4)15-25/h16H,5-15H2,1-4H3/t16-/m0/s1. The maximum atomic E-state index is 12.9. The number of aryl methyl sites for hydroxylation is 2. The molecule has 2 aromatic heterocycles. The summed E-state index contributed by atoms with van der Waals surface area (Å²) in [5.74, 6) is 2.90. The van der Waals surface area contributed by atoms with Crippen molar-refractivity contribution in [3.8, 4) is 0 Å². The first kappa shape index (κ1) is 22.8. The van der Waals surface area contributed by atoms with E-state index >= 15 is 0 Å². The molecule has 1 saturated heterocycles. The van der Waals surface area contributed by atoms with Gasteiger partial charge in [0.2, 0.25) is 5.91 Å². The molecule has 0 unspecified atom stereocenters. The summed E-state index contributed by atoms with van der Waals surface area (Å²) in [4.78, 5) is 30.1. The summed E-state index contributed by atoms with van der Waals surface area (Å²) in [7, 11) is 0. The lowest BCUT2D eigenvalue weighted by molar-refractivity contribution is -0.139. The first-order valence-electron chi connectivity index (χ1n) is 11.8. The third-order valence-corrected chi connectivity index (χ3v) is 8.75. The molecule has 0 saturated carbocycles. The highest BCUT2D eigenvalue weighted by Gasteiger charge is 2.34. The van der Waals surface area contributed by atoms with Gasteiger partial charge in [-0.25, -0.2) is 9.97 Å². The molecule has 1 atom stereocenters. The van der Waals surface area contributed by atoms with E-state index in [1.165, 1.54) is 41.5 Å². The SMILES string of the molecule is CC[C@H](C)c1nc(N2CCN(C(=O)C(C)(C)CCl)CC2)c2c3c(sc2n1)CCCCC3. The topological polar surface area (TPSA) is 49.3 Å². The predicted octanol–water partition coefficient (Wildman–Crippen LogP) is 5.39. The third kappa shape index (κ3) is 4.43. The lowest BCUT2D eigenvalue weighted by atomic mass is 9.94. The van der Waals surface area contributed by atoms with Gasteiger partial charge in [0.15, 0.2) is 0 Å². The van der Waals surface area contributed by atoms with Crippen LogP contribution in [-0.2, 0) is 17.6 Å². The van der Waals surface area contributed by atoms with Crippen LogP contribution in [0, 0.1) is 5.41 Å². The van der Waals surface area contributed by atoms with E-state index in [0.717, 1.165) is 55.5 Å². The number of piperazine rings is 1. The molecule has 31 heavy (non-hydrogen) atoms. The number of fused-ring (bicyclic) bond motifs is 3. The molecule has 0 spiro atoms. The van der Waals surface area contributed by atoms with Crippen molar-refractivity contribution in [3.05, 3.63) is 16.3 Å². The number of carbonyl (C=O) groups is 1. The fraction of sp³-hybridized carbons (Fsp3) is 0.708. The molecule has 2 aromatic rings. The lowest BCUT2D eigenvalue weighted by Crippen LogP contribution is -2.52. The van der Waals surface area contributed by atoms with Gasteiger partial charge in [0, 0.05) is 42.9 Å². The summed E-state index contributed by atoms with van der Waals surface area (Å²) in [6.07, 6.45) is 7.17. The number of anilines is 1. The van der Waals surface area contributed by atoms with Gasteiger partial charge < -0.3 is 9.80 Å². The van der Waals surface area contributed by atoms with E-state index in [9.17, 15) is 4.79 Å². The van der Waals surface area contributed by atoms with E-state index < -0.39 is 5.41 Å². The zero-order valence-corrected chi connectivity index (χ0v) is 20.9. The molecular formula is C24H35ClN4OS. The van der Waals surface area contributed by atoms with E-state index in [1.807, 2.05) is 30.1 Å². The monoisotopic (exact) mass is 462 g/mol. The number of nitrogens with zero attached hydrogens (tertiary/aromatic N) is 4. The van der Waals surface area contributed by atoms with Crippen molar-refractivity contribution in [2.45, 2.75) is 72.1 Å². The van der Waals surface area contributed by atoms with Crippen molar-refractivity contribution in [1.82, 2.24) is 14.9 Å². The van der Waals surface area contributed by atoms with E-state index in [1.54, 1.807) is 0 Å². The first-order chi connectivity index (χ1) is 14.9. The number of rotatable bonds is 5. The van der Waals surface area contributed by atoms with Crippen LogP contribution >= 0.6 is 22.9 Å². The summed E-state index contributed by atoms with van der Waals surface area (Å²) >= 11 is 7.94. The molecule has 1 fully saturated rings. The number of thiophene rings is 1. The number of hydrogen-bond donors (Lipinski definition) is 0. The second-order valence-electron chi connectivity index (χ2n) is 9.76. The highest BCUT2D eigenvalue weighted by atomic mass is 35.5. The molecule has 3 heterocycles. The Kier molecular flexibility index (Phi) is 6.78. The minimum absolute atomic E-state index is 0.152. The number of halogens is 1.